The fourth-order valence-corrected chi connectivity index (χ4v) is 4.08. The SMILES string of the molecule is CC(C)(c1cccc(-n2[c-]cc3cccnc32)n1)c1cccc(-n2[c-]cc3cccnc32)n1.[Pd+2]. The molecule has 0 aliphatic rings. The van der Waals surface area contributed by atoms with Gasteiger partial charge in [0.25, 0.3) is 0 Å². The van der Waals surface area contributed by atoms with E-state index in [-0.39, 0.29) is 20.4 Å². The van der Waals surface area contributed by atoms with Crippen LogP contribution in [0.3, 0.4) is 0 Å². The topological polar surface area (TPSA) is 61.4 Å². The van der Waals surface area contributed by atoms with Gasteiger partial charge in [0.1, 0.15) is 0 Å². The quantitative estimate of drug-likeness (QED) is 0.234. The Balaban J connectivity index is 0.00000241. The number of aromatic nitrogens is 6. The van der Waals surface area contributed by atoms with Gasteiger partial charge in [-0.3, -0.25) is 19.9 Å². The minimum Gasteiger partial charge on any atom is -0.414 e. The molecule has 6 rings (SSSR count). The number of hydrogen-bond acceptors (Lipinski definition) is 4. The molecule has 6 nitrogen and oxygen atoms in total. The Morgan fingerprint density at radius 3 is 1.59 bits per heavy atom. The zero-order chi connectivity index (χ0) is 22.4. The molecule has 0 bridgehead atoms. The normalized spacial score (nSPS) is 11.6. The van der Waals surface area contributed by atoms with Crippen molar-refractivity contribution in [2.75, 3.05) is 0 Å². The predicted octanol–water partition coefficient (Wildman–Crippen LogP) is 5.08. The van der Waals surface area contributed by atoms with E-state index in [9.17, 15) is 0 Å². The van der Waals surface area contributed by atoms with Gasteiger partial charge >= 0.3 is 20.4 Å². The molecule has 0 amide bonds. The van der Waals surface area contributed by atoms with Gasteiger partial charge in [-0.15, -0.1) is 24.3 Å². The number of rotatable bonds is 4. The van der Waals surface area contributed by atoms with E-state index in [0.29, 0.717) is 0 Å². The first-order valence-corrected chi connectivity index (χ1v) is 10.8. The standard InChI is InChI=1S/C27H20N6.Pd/c1-27(2,21-9-3-11-23(30-21)32-17-13-19-7-5-15-28-25(19)32)22-10-4-12-24(31-22)33-18-14-20-8-6-16-29-26(20)33;/h3-16H,1-2H3;/q-2;+2. The minimum absolute atomic E-state index is 0. The van der Waals surface area contributed by atoms with Crippen LogP contribution in [0.4, 0.5) is 0 Å². The van der Waals surface area contributed by atoms with Gasteiger partial charge in [0.05, 0.1) is 11.6 Å². The molecule has 0 saturated carbocycles. The number of nitrogens with zero attached hydrogens (tertiary/aromatic N) is 6. The van der Waals surface area contributed by atoms with Crippen LogP contribution in [0.25, 0.3) is 33.7 Å². The maximum atomic E-state index is 4.98. The van der Waals surface area contributed by atoms with E-state index in [2.05, 4.69) is 36.2 Å². The van der Waals surface area contributed by atoms with Crippen LogP contribution >= 0.6 is 0 Å². The van der Waals surface area contributed by atoms with Crippen molar-refractivity contribution in [1.29, 1.82) is 0 Å². The van der Waals surface area contributed by atoms with Crippen LogP contribution in [0.5, 0.6) is 0 Å². The first-order valence-electron chi connectivity index (χ1n) is 10.8. The van der Waals surface area contributed by atoms with E-state index >= 15 is 0 Å². The molecule has 168 valence electrons. The molecule has 0 fully saturated rings. The molecule has 0 atom stereocenters. The number of pyridine rings is 4. The Bertz CT molecular complexity index is 1490. The largest absolute Gasteiger partial charge is 2.00 e. The Morgan fingerprint density at radius 1 is 0.647 bits per heavy atom. The summed E-state index contributed by atoms with van der Waals surface area (Å²) in [6, 6.07) is 23.8. The van der Waals surface area contributed by atoms with Gasteiger partial charge in [0.2, 0.25) is 0 Å². The van der Waals surface area contributed by atoms with Gasteiger partial charge in [-0.25, -0.2) is 0 Å². The summed E-state index contributed by atoms with van der Waals surface area (Å²) in [4.78, 5) is 19.0. The molecule has 34 heavy (non-hydrogen) atoms. The van der Waals surface area contributed by atoms with Crippen LogP contribution in [-0.2, 0) is 25.8 Å². The third-order valence-corrected chi connectivity index (χ3v) is 5.96. The van der Waals surface area contributed by atoms with Crippen molar-refractivity contribution in [2.45, 2.75) is 19.3 Å². The van der Waals surface area contributed by atoms with Crippen LogP contribution < -0.4 is 0 Å². The van der Waals surface area contributed by atoms with Crippen molar-refractivity contribution < 1.29 is 20.4 Å². The Kier molecular flexibility index (Phi) is 5.60. The van der Waals surface area contributed by atoms with E-state index in [4.69, 9.17) is 9.97 Å². The third kappa shape index (κ3) is 3.64. The molecule has 0 aromatic carbocycles. The smallest absolute Gasteiger partial charge is 0.414 e. The van der Waals surface area contributed by atoms with Crippen molar-refractivity contribution in [3.05, 3.63) is 109 Å². The summed E-state index contributed by atoms with van der Waals surface area (Å²) in [5.74, 6) is 1.55. The summed E-state index contributed by atoms with van der Waals surface area (Å²) in [5, 5.41) is 2.06. The zero-order valence-corrected chi connectivity index (χ0v) is 20.1. The monoisotopic (exact) mass is 534 g/mol. The summed E-state index contributed by atoms with van der Waals surface area (Å²) in [5.41, 5.74) is 3.06. The van der Waals surface area contributed by atoms with Gasteiger partial charge in [0, 0.05) is 40.5 Å². The molecular formula is C27H20N6Pd. The molecule has 0 saturated heterocycles. The van der Waals surface area contributed by atoms with Crippen molar-refractivity contribution >= 4 is 22.1 Å². The average molecular weight is 535 g/mol. The molecule has 0 unspecified atom stereocenters. The van der Waals surface area contributed by atoms with Crippen molar-refractivity contribution in [3.63, 3.8) is 0 Å². The van der Waals surface area contributed by atoms with Gasteiger partial charge in [0.15, 0.2) is 0 Å². The summed E-state index contributed by atoms with van der Waals surface area (Å²) in [6.45, 7) is 4.27. The molecule has 0 aliphatic heterocycles. The van der Waals surface area contributed by atoms with Crippen LogP contribution in [0.1, 0.15) is 25.2 Å². The second-order valence-electron chi connectivity index (χ2n) is 8.44. The first kappa shape index (κ1) is 22.2. The van der Waals surface area contributed by atoms with Crippen LogP contribution in [0.2, 0.25) is 0 Å². The molecule has 7 heteroatoms. The zero-order valence-electron chi connectivity index (χ0n) is 18.6. The van der Waals surface area contributed by atoms with E-state index in [1.807, 2.05) is 81.9 Å². The van der Waals surface area contributed by atoms with E-state index in [1.54, 1.807) is 12.4 Å². The number of fused-ring (bicyclic) bond motifs is 2. The van der Waals surface area contributed by atoms with Gasteiger partial charge < -0.3 is 9.13 Å². The predicted molar refractivity (Wildman–Crippen MR) is 128 cm³/mol. The van der Waals surface area contributed by atoms with Crippen LogP contribution in [0, 0.1) is 12.4 Å². The molecule has 0 aliphatic carbocycles. The Morgan fingerprint density at radius 2 is 1.12 bits per heavy atom. The van der Waals surface area contributed by atoms with Crippen molar-refractivity contribution in [1.82, 2.24) is 29.1 Å². The first-order chi connectivity index (χ1) is 16.1. The van der Waals surface area contributed by atoms with Crippen LogP contribution in [-0.4, -0.2) is 29.1 Å². The summed E-state index contributed by atoms with van der Waals surface area (Å²) in [7, 11) is 0. The number of hydrogen-bond donors (Lipinski definition) is 0. The summed E-state index contributed by atoms with van der Waals surface area (Å²) >= 11 is 0. The molecule has 6 aromatic heterocycles. The second kappa shape index (κ2) is 8.60. The molecular weight excluding hydrogens is 515 g/mol. The molecule has 6 heterocycles. The Hall–Kier alpha value is -3.66. The van der Waals surface area contributed by atoms with E-state index in [1.165, 1.54) is 0 Å². The van der Waals surface area contributed by atoms with E-state index in [0.717, 1.165) is 45.1 Å². The molecule has 0 N–H and O–H groups in total. The minimum atomic E-state index is -0.432. The van der Waals surface area contributed by atoms with Crippen LogP contribution in [0.15, 0.2) is 85.2 Å². The van der Waals surface area contributed by atoms with Gasteiger partial charge in [-0.05, 0) is 26.0 Å². The van der Waals surface area contributed by atoms with Crippen molar-refractivity contribution in [3.8, 4) is 11.6 Å². The molecule has 0 radical (unpaired) electrons. The second-order valence-corrected chi connectivity index (χ2v) is 8.44. The summed E-state index contributed by atoms with van der Waals surface area (Å²) < 4.78 is 3.79. The summed E-state index contributed by atoms with van der Waals surface area (Å²) in [6.07, 6.45) is 10.1. The average Bonchev–Trinajstić information content (AvgIpc) is 3.49. The van der Waals surface area contributed by atoms with Gasteiger partial charge in [-0.1, -0.05) is 59.6 Å². The van der Waals surface area contributed by atoms with Crippen molar-refractivity contribution in [2.24, 2.45) is 0 Å². The fraction of sp³-hybridized carbons (Fsp3) is 0.111. The Labute approximate surface area is 211 Å². The molecule has 6 aromatic rings. The fourth-order valence-electron chi connectivity index (χ4n) is 4.08. The van der Waals surface area contributed by atoms with Gasteiger partial charge in [-0.2, -0.15) is 0 Å². The third-order valence-electron chi connectivity index (χ3n) is 5.96. The maximum Gasteiger partial charge on any atom is 2.00 e. The maximum absolute atomic E-state index is 4.98. The van der Waals surface area contributed by atoms with E-state index < -0.39 is 5.41 Å². The molecule has 0 spiro atoms.